The van der Waals surface area contributed by atoms with Crippen LogP contribution in [0.1, 0.15) is 43.2 Å². The van der Waals surface area contributed by atoms with Crippen LogP contribution >= 0.6 is 0 Å². The molecule has 1 saturated heterocycles. The second-order valence-corrected chi connectivity index (χ2v) is 8.27. The third-order valence-corrected chi connectivity index (χ3v) is 6.58. The van der Waals surface area contributed by atoms with Crippen LogP contribution in [0.25, 0.3) is 0 Å². The van der Waals surface area contributed by atoms with Gasteiger partial charge in [0.2, 0.25) is 6.79 Å². The Morgan fingerprint density at radius 1 is 0.900 bits per heavy atom. The summed E-state index contributed by atoms with van der Waals surface area (Å²) in [5.41, 5.74) is 2.21. The van der Waals surface area contributed by atoms with Crippen molar-refractivity contribution in [2.75, 3.05) is 34.1 Å². The molecule has 160 valence electrons. The Morgan fingerprint density at radius 3 is 2.40 bits per heavy atom. The van der Waals surface area contributed by atoms with Crippen molar-refractivity contribution in [2.24, 2.45) is 5.92 Å². The quantitative estimate of drug-likeness (QED) is 0.743. The van der Waals surface area contributed by atoms with Crippen molar-refractivity contribution in [3.8, 4) is 28.7 Å². The first kappa shape index (κ1) is 19.4. The number of para-hydroxylation sites is 1. The Hall–Kier alpha value is -2.60. The molecule has 6 heteroatoms. The van der Waals surface area contributed by atoms with Crippen LogP contribution in [0.5, 0.6) is 28.7 Å². The van der Waals surface area contributed by atoms with Crippen molar-refractivity contribution in [1.82, 2.24) is 4.90 Å². The van der Waals surface area contributed by atoms with E-state index in [2.05, 4.69) is 24.0 Å². The molecular weight excluding hydrogens is 382 g/mol. The molecule has 0 aliphatic carbocycles. The van der Waals surface area contributed by atoms with Gasteiger partial charge in [-0.3, -0.25) is 4.90 Å². The highest BCUT2D eigenvalue weighted by Crippen LogP contribution is 2.52. The van der Waals surface area contributed by atoms with Crippen LogP contribution in [0.2, 0.25) is 0 Å². The number of rotatable bonds is 4. The Morgan fingerprint density at radius 2 is 1.67 bits per heavy atom. The van der Waals surface area contributed by atoms with Crippen LogP contribution in [0.15, 0.2) is 30.3 Å². The van der Waals surface area contributed by atoms with Crippen molar-refractivity contribution in [3.05, 3.63) is 41.5 Å². The summed E-state index contributed by atoms with van der Waals surface area (Å²) in [7, 11) is 3.38. The zero-order valence-electron chi connectivity index (χ0n) is 17.8. The predicted molar refractivity (Wildman–Crippen MR) is 113 cm³/mol. The van der Waals surface area contributed by atoms with E-state index < -0.39 is 0 Å². The topological polar surface area (TPSA) is 49.4 Å². The number of hydrogen-bond donors (Lipinski definition) is 0. The fourth-order valence-corrected chi connectivity index (χ4v) is 5.16. The van der Waals surface area contributed by atoms with Gasteiger partial charge in [-0.2, -0.15) is 0 Å². The maximum Gasteiger partial charge on any atom is 0.231 e. The Kier molecular flexibility index (Phi) is 5.11. The average molecular weight is 411 g/mol. The Labute approximate surface area is 177 Å². The van der Waals surface area contributed by atoms with Gasteiger partial charge in [-0.15, -0.1) is 0 Å². The lowest BCUT2D eigenvalue weighted by Gasteiger charge is -2.44. The van der Waals surface area contributed by atoms with Gasteiger partial charge < -0.3 is 23.7 Å². The van der Waals surface area contributed by atoms with Crippen LogP contribution < -0.4 is 23.7 Å². The molecule has 0 N–H and O–H groups in total. The summed E-state index contributed by atoms with van der Waals surface area (Å²) in [4.78, 5) is 2.49. The van der Waals surface area contributed by atoms with Crippen LogP contribution in [0.3, 0.4) is 0 Å². The lowest BCUT2D eigenvalue weighted by Crippen LogP contribution is -2.50. The van der Waals surface area contributed by atoms with Gasteiger partial charge in [0.1, 0.15) is 5.75 Å². The summed E-state index contributed by atoms with van der Waals surface area (Å²) >= 11 is 0. The van der Waals surface area contributed by atoms with E-state index in [1.165, 1.54) is 19.3 Å². The van der Waals surface area contributed by atoms with E-state index in [-0.39, 0.29) is 24.9 Å². The standard InChI is InChI=1S/C24H29NO5/c1-15-22(16-8-7-9-18(26-2)23(16)27-3)17-12-20-21(29-14-28-20)13-19(17)30-24(15)25-10-5-4-6-11-25/h7-9,12-13,15,22,24H,4-6,10-11,14H2,1-3H3/t15-,22+,24+/m1/s1. The summed E-state index contributed by atoms with van der Waals surface area (Å²) in [5.74, 6) is 4.20. The van der Waals surface area contributed by atoms with Crippen molar-refractivity contribution >= 4 is 0 Å². The molecule has 5 rings (SSSR count). The minimum atomic E-state index is -0.000853. The van der Waals surface area contributed by atoms with E-state index >= 15 is 0 Å². The van der Waals surface area contributed by atoms with Crippen molar-refractivity contribution in [3.63, 3.8) is 0 Å². The molecule has 0 spiro atoms. The van der Waals surface area contributed by atoms with E-state index in [1.54, 1.807) is 14.2 Å². The van der Waals surface area contributed by atoms with E-state index in [4.69, 9.17) is 23.7 Å². The van der Waals surface area contributed by atoms with E-state index in [1.807, 2.05) is 18.2 Å². The van der Waals surface area contributed by atoms with Crippen molar-refractivity contribution < 1.29 is 23.7 Å². The largest absolute Gasteiger partial charge is 0.493 e. The molecular formula is C24H29NO5. The van der Waals surface area contributed by atoms with Gasteiger partial charge in [-0.1, -0.05) is 25.5 Å². The summed E-state index contributed by atoms with van der Waals surface area (Å²) in [6, 6.07) is 10.2. The smallest absolute Gasteiger partial charge is 0.231 e. The van der Waals surface area contributed by atoms with Gasteiger partial charge >= 0.3 is 0 Å². The number of benzene rings is 2. The third-order valence-electron chi connectivity index (χ3n) is 6.58. The molecule has 2 aromatic carbocycles. The summed E-state index contributed by atoms with van der Waals surface area (Å²) in [6.07, 6.45) is 3.72. The number of piperidine rings is 1. The number of ether oxygens (including phenoxy) is 5. The number of methoxy groups -OCH3 is 2. The molecule has 3 aliphatic heterocycles. The third kappa shape index (κ3) is 3.14. The average Bonchev–Trinajstić information content (AvgIpc) is 3.24. The lowest BCUT2D eigenvalue weighted by molar-refractivity contribution is -0.0405. The minimum Gasteiger partial charge on any atom is -0.493 e. The zero-order chi connectivity index (χ0) is 20.7. The van der Waals surface area contributed by atoms with Crippen LogP contribution in [-0.2, 0) is 0 Å². The summed E-state index contributed by atoms with van der Waals surface area (Å²) < 4.78 is 29.3. The van der Waals surface area contributed by atoms with Crippen molar-refractivity contribution in [2.45, 2.75) is 38.3 Å². The maximum atomic E-state index is 6.61. The first-order chi connectivity index (χ1) is 14.7. The molecule has 3 atom stereocenters. The molecule has 0 saturated carbocycles. The highest BCUT2D eigenvalue weighted by atomic mass is 16.7. The molecule has 2 aromatic rings. The Balaban J connectivity index is 1.65. The molecule has 1 fully saturated rings. The summed E-state index contributed by atoms with van der Waals surface area (Å²) in [5, 5.41) is 0. The number of fused-ring (bicyclic) bond motifs is 2. The SMILES string of the molecule is COc1cccc([C@H]2c3cc4c(cc3O[C@H](N3CCCCC3)[C@@H]2C)OCO4)c1OC. The maximum absolute atomic E-state index is 6.61. The molecule has 30 heavy (non-hydrogen) atoms. The van der Waals surface area contributed by atoms with Gasteiger partial charge in [0.25, 0.3) is 0 Å². The molecule has 0 bridgehead atoms. The van der Waals surface area contributed by atoms with Gasteiger partial charge in [0, 0.05) is 42.1 Å². The highest BCUT2D eigenvalue weighted by molar-refractivity contribution is 5.59. The monoisotopic (exact) mass is 411 g/mol. The predicted octanol–water partition coefficient (Wildman–Crippen LogP) is 4.40. The Bertz CT molecular complexity index is 924. The van der Waals surface area contributed by atoms with E-state index in [9.17, 15) is 0 Å². The van der Waals surface area contributed by atoms with Gasteiger partial charge in [0.15, 0.2) is 29.2 Å². The second-order valence-electron chi connectivity index (χ2n) is 8.27. The summed E-state index contributed by atoms with van der Waals surface area (Å²) in [6.45, 7) is 4.65. The highest BCUT2D eigenvalue weighted by Gasteiger charge is 2.42. The molecule has 3 heterocycles. The molecule has 0 amide bonds. The molecule has 0 unspecified atom stereocenters. The first-order valence-corrected chi connectivity index (χ1v) is 10.8. The van der Waals surface area contributed by atoms with Crippen LogP contribution in [0, 0.1) is 5.92 Å². The van der Waals surface area contributed by atoms with Crippen LogP contribution in [-0.4, -0.2) is 45.2 Å². The fraction of sp³-hybridized carbons (Fsp3) is 0.500. The van der Waals surface area contributed by atoms with Gasteiger partial charge in [-0.25, -0.2) is 0 Å². The zero-order valence-corrected chi connectivity index (χ0v) is 17.8. The normalized spacial score (nSPS) is 25.4. The van der Waals surface area contributed by atoms with E-state index in [0.29, 0.717) is 0 Å². The number of nitrogens with zero attached hydrogens (tertiary/aromatic N) is 1. The lowest BCUT2D eigenvalue weighted by atomic mass is 9.77. The van der Waals surface area contributed by atoms with E-state index in [0.717, 1.165) is 53.0 Å². The first-order valence-electron chi connectivity index (χ1n) is 10.8. The fourth-order valence-electron chi connectivity index (χ4n) is 5.16. The van der Waals surface area contributed by atoms with Gasteiger partial charge in [0.05, 0.1) is 14.2 Å². The second kappa shape index (κ2) is 7.91. The van der Waals surface area contributed by atoms with Crippen molar-refractivity contribution in [1.29, 1.82) is 0 Å². The van der Waals surface area contributed by atoms with Crippen LogP contribution in [0.4, 0.5) is 0 Å². The van der Waals surface area contributed by atoms with Gasteiger partial charge in [-0.05, 0) is 25.0 Å². The molecule has 0 aromatic heterocycles. The number of hydrogen-bond acceptors (Lipinski definition) is 6. The molecule has 6 nitrogen and oxygen atoms in total. The molecule has 0 radical (unpaired) electrons. The molecule has 3 aliphatic rings. The number of likely N-dealkylation sites (tertiary alicyclic amines) is 1. The minimum absolute atomic E-state index is 0.000853.